The first-order valence-corrected chi connectivity index (χ1v) is 8.28. The van der Waals surface area contributed by atoms with Crippen molar-refractivity contribution >= 4 is 28.8 Å². The Bertz CT molecular complexity index is 672. The van der Waals surface area contributed by atoms with Gasteiger partial charge in [-0.05, 0) is 36.6 Å². The van der Waals surface area contributed by atoms with E-state index in [4.69, 9.17) is 32.8 Å². The maximum absolute atomic E-state index is 10.3. The Kier molecular flexibility index (Phi) is 4.99. The summed E-state index contributed by atoms with van der Waals surface area (Å²) in [6.07, 6.45) is 2.37. The molecular formula is C17H19Cl2NO3. The van der Waals surface area contributed by atoms with Crippen LogP contribution in [0.2, 0.25) is 10.0 Å². The topological polar surface area (TPSA) is 50.7 Å². The molecule has 0 saturated carbocycles. The molecule has 3 rings (SSSR count). The lowest BCUT2D eigenvalue weighted by molar-refractivity contribution is 0.0253. The molecule has 2 bridgehead atoms. The van der Waals surface area contributed by atoms with Gasteiger partial charge in [-0.1, -0.05) is 35.3 Å². The molecule has 1 saturated heterocycles. The summed E-state index contributed by atoms with van der Waals surface area (Å²) in [7, 11) is 1.56. The summed E-state index contributed by atoms with van der Waals surface area (Å²) in [5.74, 6) is 0. The molecule has 3 atom stereocenters. The Hall–Kier alpha value is -1.04. The number of ether oxygens (including phenoxy) is 1. The highest BCUT2D eigenvalue weighted by Gasteiger charge is 2.43. The van der Waals surface area contributed by atoms with Crippen molar-refractivity contribution in [2.24, 2.45) is 0 Å². The summed E-state index contributed by atoms with van der Waals surface area (Å²) in [4.78, 5) is 5.08. The number of hydroxylamine groups is 1. The highest BCUT2D eigenvalue weighted by atomic mass is 35.5. The van der Waals surface area contributed by atoms with Crippen LogP contribution in [0.4, 0.5) is 0 Å². The van der Waals surface area contributed by atoms with Gasteiger partial charge in [0.25, 0.3) is 0 Å². The van der Waals surface area contributed by atoms with E-state index in [1.807, 2.05) is 25.1 Å². The fourth-order valence-electron chi connectivity index (χ4n) is 3.30. The van der Waals surface area contributed by atoms with Gasteiger partial charge in [-0.3, -0.25) is 10.3 Å². The van der Waals surface area contributed by atoms with Crippen molar-refractivity contribution in [3.05, 3.63) is 51.2 Å². The number of halogens is 2. The van der Waals surface area contributed by atoms with Gasteiger partial charge in [-0.2, -0.15) is 0 Å². The van der Waals surface area contributed by atoms with E-state index in [0.29, 0.717) is 22.9 Å². The molecule has 2 heterocycles. The molecule has 4 nitrogen and oxygen atoms in total. The fraction of sp³-hybridized carbons (Fsp3) is 0.412. The Balaban J connectivity index is 2.14. The van der Waals surface area contributed by atoms with Gasteiger partial charge < -0.3 is 9.84 Å². The third kappa shape index (κ3) is 3.14. The Morgan fingerprint density at radius 1 is 1.39 bits per heavy atom. The van der Waals surface area contributed by atoms with Crippen LogP contribution in [-0.4, -0.2) is 30.5 Å². The van der Waals surface area contributed by atoms with Crippen LogP contribution >= 0.6 is 23.2 Å². The first-order chi connectivity index (χ1) is 11.0. The fourth-order valence-corrected chi connectivity index (χ4v) is 3.60. The summed E-state index contributed by atoms with van der Waals surface area (Å²) in [6.45, 7) is 1.91. The lowest BCUT2D eigenvalue weighted by atomic mass is 9.90. The van der Waals surface area contributed by atoms with Crippen molar-refractivity contribution < 1.29 is 14.7 Å². The molecule has 0 aromatic heterocycles. The zero-order valence-corrected chi connectivity index (χ0v) is 14.5. The van der Waals surface area contributed by atoms with E-state index in [1.54, 1.807) is 13.2 Å². The second-order valence-electron chi connectivity index (χ2n) is 5.72. The quantitative estimate of drug-likeness (QED) is 0.808. The van der Waals surface area contributed by atoms with Crippen molar-refractivity contribution in [2.75, 3.05) is 7.11 Å². The molecule has 0 spiro atoms. The minimum Gasteiger partial charge on any atom is -0.390 e. The van der Waals surface area contributed by atoms with E-state index in [1.165, 1.54) is 0 Å². The number of hydrogen-bond donors (Lipinski definition) is 2. The minimum absolute atomic E-state index is 0.0175. The van der Waals surface area contributed by atoms with Crippen LogP contribution in [0.25, 0.3) is 5.57 Å². The van der Waals surface area contributed by atoms with E-state index in [-0.39, 0.29) is 12.2 Å². The molecule has 23 heavy (non-hydrogen) atoms. The van der Waals surface area contributed by atoms with Crippen LogP contribution in [0.3, 0.4) is 0 Å². The van der Waals surface area contributed by atoms with Gasteiger partial charge in [0.1, 0.15) is 6.10 Å². The Labute approximate surface area is 145 Å². The van der Waals surface area contributed by atoms with Gasteiger partial charge in [-0.15, -0.1) is 0 Å². The molecule has 2 aliphatic rings. The monoisotopic (exact) mass is 355 g/mol. The van der Waals surface area contributed by atoms with E-state index in [9.17, 15) is 5.11 Å². The summed E-state index contributed by atoms with van der Waals surface area (Å²) in [5.41, 5.74) is 6.67. The predicted molar refractivity (Wildman–Crippen MR) is 91.2 cm³/mol. The predicted octanol–water partition coefficient (Wildman–Crippen LogP) is 3.72. The maximum Gasteiger partial charge on any atom is 0.111 e. The normalized spacial score (nSPS) is 27.5. The highest BCUT2D eigenvalue weighted by Crippen LogP contribution is 2.44. The van der Waals surface area contributed by atoms with E-state index in [0.717, 1.165) is 22.4 Å². The molecular weight excluding hydrogens is 337 g/mol. The third-order valence-electron chi connectivity index (χ3n) is 4.29. The molecule has 6 heteroatoms. The third-order valence-corrected chi connectivity index (χ3v) is 5.03. The molecule has 0 radical (unpaired) electrons. The van der Waals surface area contributed by atoms with Crippen molar-refractivity contribution in [3.8, 4) is 0 Å². The largest absolute Gasteiger partial charge is 0.390 e. The van der Waals surface area contributed by atoms with Gasteiger partial charge in [0.2, 0.25) is 0 Å². The molecule has 1 aromatic rings. The maximum atomic E-state index is 10.3. The Morgan fingerprint density at radius 2 is 2.17 bits per heavy atom. The van der Waals surface area contributed by atoms with Crippen LogP contribution in [0, 0.1) is 0 Å². The average molecular weight is 356 g/mol. The van der Waals surface area contributed by atoms with Crippen molar-refractivity contribution in [1.82, 2.24) is 5.48 Å². The number of hydrogen-bond acceptors (Lipinski definition) is 4. The summed E-state index contributed by atoms with van der Waals surface area (Å²) >= 11 is 12.2. The molecule has 0 amide bonds. The highest BCUT2D eigenvalue weighted by molar-refractivity contribution is 6.42. The van der Waals surface area contributed by atoms with Gasteiger partial charge in [-0.25, -0.2) is 0 Å². The zero-order chi connectivity index (χ0) is 16.6. The van der Waals surface area contributed by atoms with Crippen LogP contribution in [0.1, 0.15) is 25.3 Å². The van der Waals surface area contributed by atoms with Crippen LogP contribution in [0.5, 0.6) is 0 Å². The van der Waals surface area contributed by atoms with Gasteiger partial charge >= 0.3 is 0 Å². The number of fused-ring (bicyclic) bond motifs is 2. The van der Waals surface area contributed by atoms with Crippen molar-refractivity contribution in [3.63, 3.8) is 0 Å². The molecule has 0 aliphatic carbocycles. The number of benzene rings is 1. The number of allylic oxidation sites excluding steroid dienone is 1. The number of aliphatic hydroxyl groups is 1. The lowest BCUT2D eigenvalue weighted by Gasteiger charge is -2.29. The standard InChI is InChI=1S/C17H19Cl2NO3/c1-3-14(20-22-2)16-11(7-10-8-15(21)17(16)23-10)9-4-5-12(18)13(19)6-9/h3-6,10,15,17,20-21H,7-8H2,1-2H3/t10?,15?,17-/m0/s1. The SMILES string of the molecule is CC=C(NOC)C1=C(c2ccc(Cl)c(Cl)c2)CC2CC(O)[C@@H]1O2. The number of aliphatic hydroxyl groups excluding tert-OH is 1. The smallest absolute Gasteiger partial charge is 0.111 e. The summed E-state index contributed by atoms with van der Waals surface area (Å²) in [5, 5.41) is 11.4. The van der Waals surface area contributed by atoms with Crippen molar-refractivity contribution in [1.29, 1.82) is 0 Å². The molecule has 1 fully saturated rings. The van der Waals surface area contributed by atoms with E-state index in [2.05, 4.69) is 5.48 Å². The molecule has 1 aromatic carbocycles. The second-order valence-corrected chi connectivity index (χ2v) is 6.53. The van der Waals surface area contributed by atoms with E-state index >= 15 is 0 Å². The van der Waals surface area contributed by atoms with Crippen LogP contribution in [-0.2, 0) is 9.57 Å². The zero-order valence-electron chi connectivity index (χ0n) is 13.0. The average Bonchev–Trinajstić information content (AvgIpc) is 2.83. The summed E-state index contributed by atoms with van der Waals surface area (Å²) in [6, 6.07) is 5.59. The lowest BCUT2D eigenvalue weighted by Crippen LogP contribution is -2.31. The Morgan fingerprint density at radius 3 is 2.83 bits per heavy atom. The molecule has 2 N–H and O–H groups in total. The first-order valence-electron chi connectivity index (χ1n) is 7.52. The second kappa shape index (κ2) is 6.83. The van der Waals surface area contributed by atoms with Gasteiger partial charge in [0, 0.05) is 12.0 Å². The summed E-state index contributed by atoms with van der Waals surface area (Å²) < 4.78 is 5.95. The van der Waals surface area contributed by atoms with Crippen LogP contribution in [0.15, 0.2) is 35.5 Å². The number of nitrogens with one attached hydrogen (secondary N) is 1. The first kappa shape index (κ1) is 16.8. The molecule has 2 aliphatic heterocycles. The number of rotatable bonds is 4. The van der Waals surface area contributed by atoms with Crippen LogP contribution < -0.4 is 5.48 Å². The van der Waals surface area contributed by atoms with Gasteiger partial charge in [0.05, 0.1) is 35.1 Å². The van der Waals surface area contributed by atoms with E-state index < -0.39 is 6.10 Å². The van der Waals surface area contributed by atoms with Crippen molar-refractivity contribution in [2.45, 2.75) is 38.1 Å². The van der Waals surface area contributed by atoms with Gasteiger partial charge in [0.15, 0.2) is 0 Å². The minimum atomic E-state index is -0.524. The molecule has 124 valence electrons. The molecule has 2 unspecified atom stereocenters.